The molecule has 0 saturated heterocycles. The predicted octanol–water partition coefficient (Wildman–Crippen LogP) is 2.61. The summed E-state index contributed by atoms with van der Waals surface area (Å²) in [5.41, 5.74) is 0.774. The highest BCUT2D eigenvalue weighted by Crippen LogP contribution is 2.13. The fourth-order valence-electron chi connectivity index (χ4n) is 1.63. The molecule has 0 aromatic heterocycles. The van der Waals surface area contributed by atoms with E-state index in [1.165, 1.54) is 0 Å². The van der Waals surface area contributed by atoms with Crippen molar-refractivity contribution in [2.45, 2.75) is 19.3 Å². The molecular weight excluding hydrogens is 214 g/mol. The zero-order valence-corrected chi connectivity index (χ0v) is 10.9. The maximum atomic E-state index is 11.8. The van der Waals surface area contributed by atoms with E-state index in [1.54, 1.807) is 7.11 Å². The van der Waals surface area contributed by atoms with Gasteiger partial charge in [-0.15, -0.1) is 0 Å². The van der Waals surface area contributed by atoms with E-state index in [-0.39, 0.29) is 5.78 Å². The minimum Gasteiger partial charge on any atom is -0.497 e. The minimum atomic E-state index is 0.214. The lowest BCUT2D eigenvalue weighted by molar-refractivity contribution is 0.0978. The number of benzene rings is 1. The van der Waals surface area contributed by atoms with Gasteiger partial charge in [0, 0.05) is 12.0 Å². The van der Waals surface area contributed by atoms with Gasteiger partial charge in [-0.25, -0.2) is 0 Å². The Hall–Kier alpha value is -1.35. The first-order chi connectivity index (χ1) is 8.13. The summed E-state index contributed by atoms with van der Waals surface area (Å²) in [4.78, 5) is 14.0. The van der Waals surface area contributed by atoms with E-state index in [4.69, 9.17) is 4.74 Å². The number of carbonyl (C=O) groups excluding carboxylic acids is 1. The van der Waals surface area contributed by atoms with E-state index < -0.39 is 0 Å². The molecule has 3 nitrogen and oxygen atoms in total. The van der Waals surface area contributed by atoms with Crippen molar-refractivity contribution in [3.05, 3.63) is 29.8 Å². The van der Waals surface area contributed by atoms with E-state index >= 15 is 0 Å². The number of unbranched alkanes of at least 4 members (excludes halogenated alkanes) is 1. The lowest BCUT2D eigenvalue weighted by atomic mass is 10.1. The third-order valence-electron chi connectivity index (χ3n) is 2.67. The van der Waals surface area contributed by atoms with Gasteiger partial charge in [-0.3, -0.25) is 4.79 Å². The highest BCUT2D eigenvalue weighted by atomic mass is 16.5. The first-order valence-electron chi connectivity index (χ1n) is 5.95. The van der Waals surface area contributed by atoms with Crippen LogP contribution in [0.5, 0.6) is 5.75 Å². The number of Topliss-reactive ketones (excluding diaryl/α,β-unsaturated/α-hetero) is 1. The van der Waals surface area contributed by atoms with Gasteiger partial charge >= 0.3 is 0 Å². The SMILES string of the molecule is COc1ccc(C(=O)CCCCN(C)C)cc1. The molecule has 0 aliphatic carbocycles. The molecule has 0 unspecified atom stereocenters. The first-order valence-corrected chi connectivity index (χ1v) is 5.95. The van der Waals surface area contributed by atoms with E-state index in [1.807, 2.05) is 38.4 Å². The molecule has 0 spiro atoms. The number of carbonyl (C=O) groups is 1. The van der Waals surface area contributed by atoms with Gasteiger partial charge in [-0.05, 0) is 57.7 Å². The molecule has 3 heteroatoms. The monoisotopic (exact) mass is 235 g/mol. The third kappa shape index (κ3) is 5.00. The summed E-state index contributed by atoms with van der Waals surface area (Å²) in [7, 11) is 5.72. The molecule has 1 aromatic rings. The Morgan fingerprint density at radius 3 is 2.35 bits per heavy atom. The van der Waals surface area contributed by atoms with Crippen LogP contribution in [0.3, 0.4) is 0 Å². The molecule has 17 heavy (non-hydrogen) atoms. The molecule has 94 valence electrons. The Morgan fingerprint density at radius 1 is 1.18 bits per heavy atom. The fourth-order valence-corrected chi connectivity index (χ4v) is 1.63. The van der Waals surface area contributed by atoms with Gasteiger partial charge in [-0.2, -0.15) is 0 Å². The number of ketones is 1. The fraction of sp³-hybridized carbons (Fsp3) is 0.500. The van der Waals surface area contributed by atoms with Gasteiger partial charge < -0.3 is 9.64 Å². The molecular formula is C14H21NO2. The molecule has 0 saturated carbocycles. The van der Waals surface area contributed by atoms with Crippen molar-refractivity contribution >= 4 is 5.78 Å². The van der Waals surface area contributed by atoms with Crippen LogP contribution in [0.25, 0.3) is 0 Å². The normalized spacial score (nSPS) is 10.6. The zero-order chi connectivity index (χ0) is 12.7. The van der Waals surface area contributed by atoms with Gasteiger partial charge in [-0.1, -0.05) is 0 Å². The summed E-state index contributed by atoms with van der Waals surface area (Å²) >= 11 is 0. The molecule has 0 amide bonds. The van der Waals surface area contributed by atoms with E-state index in [2.05, 4.69) is 4.90 Å². The van der Waals surface area contributed by atoms with Crippen LogP contribution in [-0.4, -0.2) is 38.4 Å². The van der Waals surface area contributed by atoms with Gasteiger partial charge in [0.15, 0.2) is 5.78 Å². The highest BCUT2D eigenvalue weighted by molar-refractivity contribution is 5.96. The number of methoxy groups -OCH3 is 1. The van der Waals surface area contributed by atoms with Crippen LogP contribution in [0.1, 0.15) is 29.6 Å². The van der Waals surface area contributed by atoms with Crippen LogP contribution in [0.4, 0.5) is 0 Å². The van der Waals surface area contributed by atoms with Gasteiger partial charge in [0.25, 0.3) is 0 Å². The second-order valence-electron chi connectivity index (χ2n) is 4.41. The maximum absolute atomic E-state index is 11.8. The minimum absolute atomic E-state index is 0.214. The number of nitrogens with zero attached hydrogens (tertiary/aromatic N) is 1. The van der Waals surface area contributed by atoms with Gasteiger partial charge in [0.2, 0.25) is 0 Å². The quantitative estimate of drug-likeness (QED) is 0.537. The molecule has 0 heterocycles. The van der Waals surface area contributed by atoms with E-state index in [0.29, 0.717) is 6.42 Å². The van der Waals surface area contributed by atoms with Crippen molar-refractivity contribution in [1.82, 2.24) is 4.90 Å². The second-order valence-corrected chi connectivity index (χ2v) is 4.41. The molecule has 1 aromatic carbocycles. The van der Waals surface area contributed by atoms with Crippen LogP contribution < -0.4 is 4.74 Å². The average Bonchev–Trinajstić information content (AvgIpc) is 2.34. The maximum Gasteiger partial charge on any atom is 0.162 e. The van der Waals surface area contributed by atoms with Crippen LogP contribution in [0.2, 0.25) is 0 Å². The van der Waals surface area contributed by atoms with Crippen molar-refractivity contribution < 1.29 is 9.53 Å². The number of hydrogen-bond donors (Lipinski definition) is 0. The smallest absolute Gasteiger partial charge is 0.162 e. The standard InChI is InChI=1S/C14H21NO2/c1-15(2)11-5-4-6-14(16)12-7-9-13(17-3)10-8-12/h7-10H,4-6,11H2,1-3H3. The Balaban J connectivity index is 2.36. The summed E-state index contributed by atoms with van der Waals surface area (Å²) in [5, 5.41) is 0. The molecule has 0 atom stereocenters. The van der Waals surface area contributed by atoms with Crippen LogP contribution >= 0.6 is 0 Å². The summed E-state index contributed by atoms with van der Waals surface area (Å²) in [6.45, 7) is 1.04. The summed E-state index contributed by atoms with van der Waals surface area (Å²) in [6.07, 6.45) is 2.64. The number of hydrogen-bond acceptors (Lipinski definition) is 3. The lowest BCUT2D eigenvalue weighted by Crippen LogP contribution is -2.13. The van der Waals surface area contributed by atoms with E-state index in [0.717, 1.165) is 30.7 Å². The second kappa shape index (κ2) is 7.07. The van der Waals surface area contributed by atoms with Gasteiger partial charge in [0.1, 0.15) is 5.75 Å². The Bertz CT molecular complexity index is 344. The molecule has 0 N–H and O–H groups in total. The van der Waals surface area contributed by atoms with Crippen molar-refractivity contribution in [2.75, 3.05) is 27.7 Å². The summed E-state index contributed by atoms with van der Waals surface area (Å²) in [5.74, 6) is 1.00. The van der Waals surface area contributed by atoms with Crippen LogP contribution in [0, 0.1) is 0 Å². The summed E-state index contributed by atoms with van der Waals surface area (Å²) in [6, 6.07) is 7.31. The lowest BCUT2D eigenvalue weighted by Gasteiger charge is -2.08. The van der Waals surface area contributed by atoms with E-state index in [9.17, 15) is 4.79 Å². The molecule has 0 radical (unpaired) electrons. The van der Waals surface area contributed by atoms with Crippen molar-refractivity contribution in [2.24, 2.45) is 0 Å². The molecule has 0 aliphatic heterocycles. The van der Waals surface area contributed by atoms with Crippen molar-refractivity contribution in [3.63, 3.8) is 0 Å². The number of rotatable bonds is 7. The third-order valence-corrected chi connectivity index (χ3v) is 2.67. The Morgan fingerprint density at radius 2 is 1.82 bits per heavy atom. The largest absolute Gasteiger partial charge is 0.497 e. The average molecular weight is 235 g/mol. The Kier molecular flexibility index (Phi) is 5.70. The molecule has 1 rings (SSSR count). The molecule has 0 fully saturated rings. The number of ether oxygens (including phenoxy) is 1. The van der Waals surface area contributed by atoms with Crippen molar-refractivity contribution in [3.8, 4) is 5.75 Å². The van der Waals surface area contributed by atoms with Crippen LogP contribution in [0.15, 0.2) is 24.3 Å². The Labute approximate surface area is 103 Å². The first kappa shape index (κ1) is 13.7. The van der Waals surface area contributed by atoms with Crippen LogP contribution in [-0.2, 0) is 0 Å². The zero-order valence-electron chi connectivity index (χ0n) is 10.9. The van der Waals surface area contributed by atoms with Gasteiger partial charge in [0.05, 0.1) is 7.11 Å². The molecule has 0 aliphatic rings. The molecule has 0 bridgehead atoms. The topological polar surface area (TPSA) is 29.5 Å². The predicted molar refractivity (Wildman–Crippen MR) is 69.7 cm³/mol. The highest BCUT2D eigenvalue weighted by Gasteiger charge is 2.05. The van der Waals surface area contributed by atoms with Crippen molar-refractivity contribution in [1.29, 1.82) is 0 Å². The summed E-state index contributed by atoms with van der Waals surface area (Å²) < 4.78 is 5.06.